The van der Waals surface area contributed by atoms with Crippen molar-refractivity contribution in [2.24, 2.45) is 17.8 Å². The number of amides is 1. The van der Waals surface area contributed by atoms with Gasteiger partial charge in [-0.3, -0.25) is 4.79 Å². The van der Waals surface area contributed by atoms with Crippen molar-refractivity contribution in [1.82, 2.24) is 10.6 Å². The molecule has 0 bridgehead atoms. The molecule has 1 fully saturated rings. The number of piperidine rings is 1. The highest BCUT2D eigenvalue weighted by molar-refractivity contribution is 5.76. The van der Waals surface area contributed by atoms with Gasteiger partial charge in [-0.05, 0) is 50.1 Å². The van der Waals surface area contributed by atoms with Gasteiger partial charge in [0.1, 0.15) is 0 Å². The Morgan fingerprint density at radius 2 is 2.15 bits per heavy atom. The second-order valence-electron chi connectivity index (χ2n) is 6.43. The van der Waals surface area contributed by atoms with Crippen LogP contribution in [0.5, 0.6) is 0 Å². The molecule has 2 N–H and O–H groups in total. The van der Waals surface area contributed by atoms with Gasteiger partial charge >= 0.3 is 0 Å². The summed E-state index contributed by atoms with van der Waals surface area (Å²) in [7, 11) is 0. The predicted octanol–water partition coefficient (Wildman–Crippen LogP) is 2.19. The lowest BCUT2D eigenvalue weighted by Crippen LogP contribution is -2.36. The second-order valence-corrected chi connectivity index (χ2v) is 6.43. The number of hydrogen-bond donors (Lipinski definition) is 2. The summed E-state index contributed by atoms with van der Waals surface area (Å²) in [5.74, 6) is 1.95. The minimum absolute atomic E-state index is 0.163. The summed E-state index contributed by atoms with van der Waals surface area (Å²) in [6.07, 6.45) is 4.21. The highest BCUT2D eigenvalue weighted by Crippen LogP contribution is 2.22. The van der Waals surface area contributed by atoms with Gasteiger partial charge in [0.15, 0.2) is 0 Å². The minimum Gasteiger partial charge on any atom is -0.380 e. The molecule has 4 nitrogen and oxygen atoms in total. The normalized spacial score (nSPS) is 20.9. The molecule has 0 aromatic rings. The lowest BCUT2D eigenvalue weighted by Gasteiger charge is -2.28. The van der Waals surface area contributed by atoms with Crippen LogP contribution < -0.4 is 10.6 Å². The van der Waals surface area contributed by atoms with Gasteiger partial charge in [-0.25, -0.2) is 0 Å². The van der Waals surface area contributed by atoms with Crippen molar-refractivity contribution in [3.05, 3.63) is 0 Å². The SMILES string of the molecule is CC(C)CCOCCNC(=O)CC(C)C1CCCNC1. The van der Waals surface area contributed by atoms with Gasteiger partial charge in [0.25, 0.3) is 0 Å². The lowest BCUT2D eigenvalue weighted by molar-refractivity contribution is -0.122. The van der Waals surface area contributed by atoms with Gasteiger partial charge in [-0.15, -0.1) is 0 Å². The minimum atomic E-state index is 0.163. The summed E-state index contributed by atoms with van der Waals surface area (Å²) in [6, 6.07) is 0. The van der Waals surface area contributed by atoms with Crippen molar-refractivity contribution < 1.29 is 9.53 Å². The molecule has 0 spiro atoms. The predicted molar refractivity (Wildman–Crippen MR) is 82.7 cm³/mol. The molecule has 118 valence electrons. The molecule has 2 atom stereocenters. The van der Waals surface area contributed by atoms with Gasteiger partial charge in [-0.1, -0.05) is 20.8 Å². The summed E-state index contributed by atoms with van der Waals surface area (Å²) in [5.41, 5.74) is 0. The van der Waals surface area contributed by atoms with E-state index in [1.807, 2.05) is 0 Å². The summed E-state index contributed by atoms with van der Waals surface area (Å²) >= 11 is 0. The summed E-state index contributed by atoms with van der Waals surface area (Å²) in [6.45, 7) is 10.8. The van der Waals surface area contributed by atoms with Crippen molar-refractivity contribution in [3.63, 3.8) is 0 Å². The van der Waals surface area contributed by atoms with Gasteiger partial charge in [0.05, 0.1) is 6.61 Å². The average Bonchev–Trinajstić information content (AvgIpc) is 2.43. The molecule has 0 aromatic heterocycles. The molecule has 1 aliphatic heterocycles. The molecule has 1 rings (SSSR count). The Kier molecular flexibility index (Phi) is 8.86. The van der Waals surface area contributed by atoms with Crippen LogP contribution >= 0.6 is 0 Å². The zero-order valence-corrected chi connectivity index (χ0v) is 13.4. The fourth-order valence-electron chi connectivity index (χ4n) is 2.58. The first kappa shape index (κ1) is 17.4. The van der Waals surface area contributed by atoms with Gasteiger partial charge < -0.3 is 15.4 Å². The molecule has 1 amide bonds. The van der Waals surface area contributed by atoms with Crippen LogP contribution in [0.2, 0.25) is 0 Å². The van der Waals surface area contributed by atoms with Crippen LogP contribution in [0.15, 0.2) is 0 Å². The van der Waals surface area contributed by atoms with E-state index < -0.39 is 0 Å². The molecular formula is C16H32N2O2. The summed E-state index contributed by atoms with van der Waals surface area (Å²) < 4.78 is 5.49. The smallest absolute Gasteiger partial charge is 0.220 e. The maximum atomic E-state index is 11.8. The van der Waals surface area contributed by atoms with E-state index in [-0.39, 0.29) is 5.91 Å². The topological polar surface area (TPSA) is 50.4 Å². The molecule has 1 heterocycles. The molecule has 1 aliphatic rings. The van der Waals surface area contributed by atoms with Crippen LogP contribution in [0.4, 0.5) is 0 Å². The number of hydrogen-bond acceptors (Lipinski definition) is 3. The third kappa shape index (κ3) is 7.85. The van der Waals surface area contributed by atoms with E-state index >= 15 is 0 Å². The molecule has 0 saturated carbocycles. The maximum absolute atomic E-state index is 11.8. The number of nitrogens with one attached hydrogen (secondary N) is 2. The van der Waals surface area contributed by atoms with Crippen molar-refractivity contribution in [2.45, 2.75) is 46.5 Å². The van der Waals surface area contributed by atoms with Crippen molar-refractivity contribution >= 4 is 5.91 Å². The zero-order valence-electron chi connectivity index (χ0n) is 13.4. The van der Waals surface area contributed by atoms with E-state index in [4.69, 9.17) is 4.74 Å². The van der Waals surface area contributed by atoms with Crippen LogP contribution in [-0.4, -0.2) is 38.8 Å². The monoisotopic (exact) mass is 284 g/mol. The van der Waals surface area contributed by atoms with Crippen molar-refractivity contribution in [1.29, 1.82) is 0 Å². The number of carbonyl (C=O) groups excluding carboxylic acids is 1. The Morgan fingerprint density at radius 3 is 2.80 bits per heavy atom. The third-order valence-electron chi connectivity index (χ3n) is 4.06. The van der Waals surface area contributed by atoms with Gasteiger partial charge in [0.2, 0.25) is 5.91 Å². The Labute approximate surface area is 124 Å². The zero-order chi connectivity index (χ0) is 14.8. The Bertz CT molecular complexity index is 263. The van der Waals surface area contributed by atoms with Crippen LogP contribution in [0.25, 0.3) is 0 Å². The van der Waals surface area contributed by atoms with Crippen LogP contribution in [-0.2, 0) is 9.53 Å². The Hall–Kier alpha value is -0.610. The highest BCUT2D eigenvalue weighted by Gasteiger charge is 2.21. The van der Waals surface area contributed by atoms with Crippen LogP contribution in [0, 0.1) is 17.8 Å². The fourth-order valence-corrected chi connectivity index (χ4v) is 2.58. The number of carbonyl (C=O) groups is 1. The molecular weight excluding hydrogens is 252 g/mol. The van der Waals surface area contributed by atoms with E-state index in [2.05, 4.69) is 31.4 Å². The molecule has 20 heavy (non-hydrogen) atoms. The van der Waals surface area contributed by atoms with Gasteiger partial charge in [-0.2, -0.15) is 0 Å². The van der Waals surface area contributed by atoms with Crippen LogP contribution in [0.1, 0.15) is 46.5 Å². The molecule has 4 heteroatoms. The van der Waals surface area contributed by atoms with E-state index in [1.165, 1.54) is 12.8 Å². The molecule has 0 radical (unpaired) electrons. The highest BCUT2D eigenvalue weighted by atomic mass is 16.5. The Balaban J connectivity index is 2.01. The third-order valence-corrected chi connectivity index (χ3v) is 4.06. The van der Waals surface area contributed by atoms with Crippen molar-refractivity contribution in [3.8, 4) is 0 Å². The van der Waals surface area contributed by atoms with E-state index in [1.54, 1.807) is 0 Å². The van der Waals surface area contributed by atoms with Crippen LogP contribution in [0.3, 0.4) is 0 Å². The maximum Gasteiger partial charge on any atom is 0.220 e. The fraction of sp³-hybridized carbons (Fsp3) is 0.938. The van der Waals surface area contributed by atoms with E-state index in [0.29, 0.717) is 37.3 Å². The summed E-state index contributed by atoms with van der Waals surface area (Å²) in [5, 5.41) is 6.37. The number of ether oxygens (including phenoxy) is 1. The molecule has 0 aliphatic carbocycles. The first-order valence-corrected chi connectivity index (χ1v) is 8.14. The molecule has 1 saturated heterocycles. The average molecular weight is 284 g/mol. The first-order chi connectivity index (χ1) is 9.59. The Morgan fingerprint density at radius 1 is 1.35 bits per heavy atom. The molecule has 0 aromatic carbocycles. The summed E-state index contributed by atoms with van der Waals surface area (Å²) in [4.78, 5) is 11.8. The van der Waals surface area contributed by atoms with E-state index in [0.717, 1.165) is 26.1 Å². The van der Waals surface area contributed by atoms with Crippen molar-refractivity contribution in [2.75, 3.05) is 32.8 Å². The first-order valence-electron chi connectivity index (χ1n) is 8.14. The quantitative estimate of drug-likeness (QED) is 0.638. The largest absolute Gasteiger partial charge is 0.380 e. The van der Waals surface area contributed by atoms with Gasteiger partial charge in [0, 0.05) is 19.6 Å². The number of rotatable bonds is 9. The second kappa shape index (κ2) is 10.2. The molecule has 2 unspecified atom stereocenters. The lowest BCUT2D eigenvalue weighted by atomic mass is 9.85. The standard InChI is InChI=1S/C16H32N2O2/c1-13(2)6-9-20-10-8-18-16(19)11-14(3)15-5-4-7-17-12-15/h13-15,17H,4-12H2,1-3H3,(H,18,19). The van der Waals surface area contributed by atoms with E-state index in [9.17, 15) is 4.79 Å².